The summed E-state index contributed by atoms with van der Waals surface area (Å²) in [5.41, 5.74) is 0.944. The Morgan fingerprint density at radius 1 is 1.15 bits per heavy atom. The molecule has 3 heterocycles. The summed E-state index contributed by atoms with van der Waals surface area (Å²) in [5.74, 6) is 2.12. The molecule has 7 heteroatoms. The second-order valence-electron chi connectivity index (χ2n) is 6.73. The van der Waals surface area contributed by atoms with E-state index in [1.807, 2.05) is 42.5 Å². The van der Waals surface area contributed by atoms with Crippen molar-refractivity contribution in [3.05, 3.63) is 60.4 Å². The second kappa shape index (κ2) is 8.18. The van der Waals surface area contributed by atoms with Crippen LogP contribution in [0.1, 0.15) is 24.5 Å². The van der Waals surface area contributed by atoms with Crippen molar-refractivity contribution in [1.29, 1.82) is 0 Å². The molecule has 4 rings (SSSR count). The first-order chi connectivity index (χ1) is 13.3. The minimum absolute atomic E-state index is 0.0405. The van der Waals surface area contributed by atoms with Crippen LogP contribution >= 0.6 is 0 Å². The van der Waals surface area contributed by atoms with Crippen LogP contribution in [0.5, 0.6) is 0 Å². The van der Waals surface area contributed by atoms with E-state index >= 15 is 0 Å². The minimum Gasteiger partial charge on any atom is -0.467 e. The molecule has 0 aliphatic carbocycles. The van der Waals surface area contributed by atoms with E-state index in [1.54, 1.807) is 6.26 Å². The molecule has 1 aliphatic heterocycles. The number of rotatable bonds is 6. The quantitative estimate of drug-likeness (QED) is 0.722. The monoisotopic (exact) mass is 366 g/mol. The smallest absolute Gasteiger partial charge is 0.241 e. The normalized spacial score (nSPS) is 15.7. The van der Waals surface area contributed by atoms with Crippen LogP contribution in [-0.2, 0) is 17.9 Å². The summed E-state index contributed by atoms with van der Waals surface area (Å²) < 4.78 is 10.6. The van der Waals surface area contributed by atoms with Gasteiger partial charge in [-0.25, -0.2) is 0 Å². The van der Waals surface area contributed by atoms with Crippen LogP contribution in [0.25, 0.3) is 11.4 Å². The van der Waals surface area contributed by atoms with Gasteiger partial charge in [-0.15, -0.1) is 0 Å². The summed E-state index contributed by atoms with van der Waals surface area (Å²) in [5, 5.41) is 7.01. The van der Waals surface area contributed by atoms with Crippen molar-refractivity contribution >= 4 is 5.91 Å². The largest absolute Gasteiger partial charge is 0.467 e. The van der Waals surface area contributed by atoms with E-state index in [9.17, 15) is 4.79 Å². The highest BCUT2D eigenvalue weighted by Crippen LogP contribution is 2.20. The molecule has 1 fully saturated rings. The van der Waals surface area contributed by atoms with Gasteiger partial charge in [0.1, 0.15) is 5.76 Å². The molecule has 27 heavy (non-hydrogen) atoms. The van der Waals surface area contributed by atoms with Gasteiger partial charge in [0.05, 0.1) is 19.4 Å². The van der Waals surface area contributed by atoms with Crippen LogP contribution in [0.2, 0.25) is 0 Å². The Labute approximate surface area is 157 Å². The molecule has 1 N–H and O–H groups in total. The lowest BCUT2D eigenvalue weighted by Crippen LogP contribution is -2.40. The molecule has 0 radical (unpaired) electrons. The lowest BCUT2D eigenvalue weighted by Gasteiger charge is -2.30. The number of carbonyl (C=O) groups is 1. The maximum Gasteiger partial charge on any atom is 0.241 e. The summed E-state index contributed by atoms with van der Waals surface area (Å²) in [6.07, 6.45) is 3.26. The van der Waals surface area contributed by atoms with Crippen LogP contribution in [0.4, 0.5) is 0 Å². The Balaban J connectivity index is 1.25. The van der Waals surface area contributed by atoms with Gasteiger partial charge in [0.15, 0.2) is 0 Å². The van der Waals surface area contributed by atoms with Gasteiger partial charge in [-0.05, 0) is 38.1 Å². The van der Waals surface area contributed by atoms with Gasteiger partial charge in [-0.1, -0.05) is 35.5 Å². The molecular weight excluding hydrogens is 344 g/mol. The fraction of sp³-hybridized carbons (Fsp3) is 0.350. The van der Waals surface area contributed by atoms with E-state index in [0.717, 1.165) is 37.3 Å². The average Bonchev–Trinajstić information content (AvgIpc) is 3.39. The van der Waals surface area contributed by atoms with E-state index in [-0.39, 0.29) is 11.8 Å². The van der Waals surface area contributed by atoms with Crippen LogP contribution in [0, 0.1) is 5.92 Å². The number of aromatic nitrogens is 2. The zero-order chi connectivity index (χ0) is 18.5. The van der Waals surface area contributed by atoms with Gasteiger partial charge in [-0.3, -0.25) is 9.69 Å². The lowest BCUT2D eigenvalue weighted by molar-refractivity contribution is -0.126. The van der Waals surface area contributed by atoms with Crippen molar-refractivity contribution in [2.75, 3.05) is 13.1 Å². The maximum atomic E-state index is 12.3. The van der Waals surface area contributed by atoms with Gasteiger partial charge in [0.2, 0.25) is 17.6 Å². The molecule has 2 aromatic heterocycles. The Kier molecular flexibility index (Phi) is 5.29. The Morgan fingerprint density at radius 3 is 2.70 bits per heavy atom. The van der Waals surface area contributed by atoms with Crippen molar-refractivity contribution in [2.24, 2.45) is 5.92 Å². The van der Waals surface area contributed by atoms with E-state index < -0.39 is 0 Å². The van der Waals surface area contributed by atoms with Gasteiger partial charge < -0.3 is 14.3 Å². The van der Waals surface area contributed by atoms with E-state index in [0.29, 0.717) is 24.8 Å². The molecule has 140 valence electrons. The number of piperidine rings is 1. The van der Waals surface area contributed by atoms with Crippen molar-refractivity contribution in [3.63, 3.8) is 0 Å². The number of hydrogen-bond donors (Lipinski definition) is 1. The molecule has 0 atom stereocenters. The first kappa shape index (κ1) is 17.5. The summed E-state index contributed by atoms with van der Waals surface area (Å²) in [4.78, 5) is 19.0. The molecule has 0 unspecified atom stereocenters. The van der Waals surface area contributed by atoms with Crippen LogP contribution in [0.15, 0.2) is 57.7 Å². The number of hydrogen-bond acceptors (Lipinski definition) is 6. The highest BCUT2D eigenvalue weighted by molar-refractivity contribution is 5.78. The SMILES string of the molecule is O=C(NCc1ccco1)C1CCN(Cc2nc(-c3ccccc3)no2)CC1. The van der Waals surface area contributed by atoms with E-state index in [4.69, 9.17) is 8.94 Å². The Hall–Kier alpha value is -2.93. The van der Waals surface area contributed by atoms with E-state index in [1.165, 1.54) is 0 Å². The molecule has 1 aromatic carbocycles. The molecule has 0 spiro atoms. The molecule has 3 aromatic rings. The minimum atomic E-state index is 0.0405. The third-order valence-corrected chi connectivity index (χ3v) is 4.83. The molecular formula is C20H22N4O3. The van der Waals surface area contributed by atoms with Gasteiger partial charge in [-0.2, -0.15) is 4.98 Å². The van der Waals surface area contributed by atoms with Gasteiger partial charge >= 0.3 is 0 Å². The van der Waals surface area contributed by atoms with Crippen molar-refractivity contribution in [3.8, 4) is 11.4 Å². The maximum absolute atomic E-state index is 12.3. The summed E-state index contributed by atoms with van der Waals surface area (Å²) in [7, 11) is 0. The number of carbonyl (C=O) groups excluding carboxylic acids is 1. The Bertz CT molecular complexity index is 853. The predicted octanol–water partition coefficient (Wildman–Crippen LogP) is 2.86. The number of benzene rings is 1. The third-order valence-electron chi connectivity index (χ3n) is 4.83. The number of nitrogens with zero attached hydrogens (tertiary/aromatic N) is 3. The first-order valence-corrected chi connectivity index (χ1v) is 9.18. The standard InChI is InChI=1S/C20H22N4O3/c25-20(21-13-17-7-4-12-26-17)16-8-10-24(11-9-16)14-18-22-19(23-27-18)15-5-2-1-3-6-15/h1-7,12,16H,8-11,13-14H2,(H,21,25). The highest BCUT2D eigenvalue weighted by atomic mass is 16.5. The first-order valence-electron chi connectivity index (χ1n) is 9.18. The van der Waals surface area contributed by atoms with E-state index in [2.05, 4.69) is 20.4 Å². The third kappa shape index (κ3) is 4.43. The number of likely N-dealkylation sites (tertiary alicyclic amines) is 1. The average molecular weight is 366 g/mol. The number of nitrogens with one attached hydrogen (secondary N) is 1. The van der Waals surface area contributed by atoms with Crippen molar-refractivity contribution < 1.29 is 13.7 Å². The number of amides is 1. The van der Waals surface area contributed by atoms with Crippen molar-refractivity contribution in [1.82, 2.24) is 20.4 Å². The highest BCUT2D eigenvalue weighted by Gasteiger charge is 2.26. The van der Waals surface area contributed by atoms with Crippen LogP contribution in [0.3, 0.4) is 0 Å². The molecule has 0 saturated carbocycles. The molecule has 1 amide bonds. The van der Waals surface area contributed by atoms with Crippen LogP contribution in [-0.4, -0.2) is 34.0 Å². The molecule has 1 aliphatic rings. The van der Waals surface area contributed by atoms with Gasteiger partial charge in [0, 0.05) is 11.5 Å². The topological polar surface area (TPSA) is 84.4 Å². The van der Waals surface area contributed by atoms with Gasteiger partial charge in [0.25, 0.3) is 0 Å². The fourth-order valence-corrected chi connectivity index (χ4v) is 3.30. The number of furan rings is 1. The Morgan fingerprint density at radius 2 is 1.96 bits per heavy atom. The predicted molar refractivity (Wildman–Crippen MR) is 98.3 cm³/mol. The van der Waals surface area contributed by atoms with Crippen molar-refractivity contribution in [2.45, 2.75) is 25.9 Å². The summed E-state index contributed by atoms with van der Waals surface area (Å²) in [6.45, 7) is 2.72. The zero-order valence-electron chi connectivity index (χ0n) is 15.0. The summed E-state index contributed by atoms with van der Waals surface area (Å²) >= 11 is 0. The zero-order valence-corrected chi connectivity index (χ0v) is 15.0. The molecule has 1 saturated heterocycles. The molecule has 7 nitrogen and oxygen atoms in total. The summed E-state index contributed by atoms with van der Waals surface area (Å²) in [6, 6.07) is 13.5. The fourth-order valence-electron chi connectivity index (χ4n) is 3.30. The second-order valence-corrected chi connectivity index (χ2v) is 6.73. The van der Waals surface area contributed by atoms with Crippen LogP contribution < -0.4 is 5.32 Å². The molecule has 0 bridgehead atoms. The lowest BCUT2D eigenvalue weighted by atomic mass is 9.96.